The normalized spacial score (nSPS) is 11.3. The maximum Gasteiger partial charge on any atom is 0.254 e. The summed E-state index contributed by atoms with van der Waals surface area (Å²) in [5, 5.41) is 2.90. The lowest BCUT2D eigenvalue weighted by Gasteiger charge is -2.18. The maximum atomic E-state index is 14.3. The SMILES string of the molecule is CC.Cc1ccc(Nc2c(NS(=O)c3ccc(F)cc3)cc(C)c(=O)n2C)c(F)c1. The minimum atomic E-state index is -1.71. The van der Waals surface area contributed by atoms with Crippen molar-refractivity contribution in [1.82, 2.24) is 4.57 Å². The summed E-state index contributed by atoms with van der Waals surface area (Å²) >= 11 is 0. The second-order valence-electron chi connectivity index (χ2n) is 6.39. The number of hydrogen-bond acceptors (Lipinski definition) is 3. The zero-order valence-electron chi connectivity index (χ0n) is 17.5. The first-order chi connectivity index (χ1) is 14.3. The van der Waals surface area contributed by atoms with Gasteiger partial charge in [-0.1, -0.05) is 19.9 Å². The number of anilines is 3. The van der Waals surface area contributed by atoms with E-state index in [1.807, 2.05) is 13.8 Å². The fraction of sp³-hybridized carbons (Fsp3) is 0.227. The highest BCUT2D eigenvalue weighted by molar-refractivity contribution is 7.86. The van der Waals surface area contributed by atoms with Gasteiger partial charge in [-0.3, -0.25) is 14.1 Å². The molecule has 0 fully saturated rings. The Labute approximate surface area is 177 Å². The van der Waals surface area contributed by atoms with E-state index in [1.165, 1.54) is 48.0 Å². The highest BCUT2D eigenvalue weighted by Crippen LogP contribution is 2.28. The first kappa shape index (κ1) is 23.3. The molecular formula is C22H25F2N3O2S. The van der Waals surface area contributed by atoms with Gasteiger partial charge in [-0.2, -0.15) is 0 Å². The van der Waals surface area contributed by atoms with Crippen LogP contribution in [0.2, 0.25) is 0 Å². The van der Waals surface area contributed by atoms with E-state index in [-0.39, 0.29) is 17.1 Å². The first-order valence-corrected chi connectivity index (χ1v) is 10.6. The summed E-state index contributed by atoms with van der Waals surface area (Å²) in [5.41, 5.74) is 1.45. The molecule has 1 atom stereocenters. The van der Waals surface area contributed by atoms with E-state index in [2.05, 4.69) is 10.0 Å². The van der Waals surface area contributed by atoms with Crippen LogP contribution >= 0.6 is 0 Å². The molecule has 0 aliphatic rings. The molecule has 0 radical (unpaired) electrons. The Balaban J connectivity index is 0.00000155. The van der Waals surface area contributed by atoms with E-state index < -0.39 is 22.6 Å². The third-order valence-corrected chi connectivity index (χ3v) is 5.31. The molecule has 3 rings (SSSR count). The molecular weight excluding hydrogens is 408 g/mol. The number of nitrogens with one attached hydrogen (secondary N) is 2. The number of aromatic nitrogens is 1. The number of pyridine rings is 1. The molecule has 0 aliphatic heterocycles. The van der Waals surface area contributed by atoms with Crippen LogP contribution in [0.25, 0.3) is 0 Å². The van der Waals surface area contributed by atoms with Gasteiger partial charge in [0.15, 0.2) is 0 Å². The van der Waals surface area contributed by atoms with Crippen molar-refractivity contribution in [1.29, 1.82) is 0 Å². The molecule has 0 spiro atoms. The van der Waals surface area contributed by atoms with Crippen molar-refractivity contribution in [3.05, 3.63) is 81.6 Å². The smallest absolute Gasteiger partial charge is 0.254 e. The molecule has 0 amide bonds. The van der Waals surface area contributed by atoms with Crippen molar-refractivity contribution in [3.8, 4) is 0 Å². The van der Waals surface area contributed by atoms with Gasteiger partial charge in [0.05, 0.1) is 16.3 Å². The Morgan fingerprint density at radius 1 is 0.933 bits per heavy atom. The van der Waals surface area contributed by atoms with E-state index in [0.717, 1.165) is 5.56 Å². The zero-order valence-corrected chi connectivity index (χ0v) is 18.4. The second-order valence-corrected chi connectivity index (χ2v) is 7.60. The number of nitrogens with zero attached hydrogens (tertiary/aromatic N) is 1. The number of benzene rings is 2. The number of halogens is 2. The summed E-state index contributed by atoms with van der Waals surface area (Å²) in [6.07, 6.45) is 0. The van der Waals surface area contributed by atoms with Crippen LogP contribution in [-0.2, 0) is 18.0 Å². The highest BCUT2D eigenvalue weighted by atomic mass is 32.2. The summed E-state index contributed by atoms with van der Waals surface area (Å²) in [6.45, 7) is 7.40. The van der Waals surface area contributed by atoms with Crippen molar-refractivity contribution >= 4 is 28.2 Å². The van der Waals surface area contributed by atoms with Crippen LogP contribution < -0.4 is 15.6 Å². The van der Waals surface area contributed by atoms with Crippen molar-refractivity contribution in [2.75, 3.05) is 10.0 Å². The molecule has 0 aliphatic carbocycles. The van der Waals surface area contributed by atoms with Crippen LogP contribution in [0.15, 0.2) is 58.2 Å². The average molecular weight is 434 g/mol. The minimum absolute atomic E-state index is 0.181. The summed E-state index contributed by atoms with van der Waals surface area (Å²) < 4.78 is 44.1. The molecule has 0 bridgehead atoms. The largest absolute Gasteiger partial charge is 0.337 e. The van der Waals surface area contributed by atoms with Crippen molar-refractivity contribution in [2.24, 2.45) is 7.05 Å². The van der Waals surface area contributed by atoms with Gasteiger partial charge in [-0.05, 0) is 61.9 Å². The molecule has 2 aromatic carbocycles. The van der Waals surface area contributed by atoms with Crippen LogP contribution in [0.1, 0.15) is 25.0 Å². The monoisotopic (exact) mass is 433 g/mol. The average Bonchev–Trinajstić information content (AvgIpc) is 2.72. The van der Waals surface area contributed by atoms with E-state index in [1.54, 1.807) is 26.0 Å². The molecule has 1 heterocycles. The molecule has 3 aromatic rings. The zero-order chi connectivity index (χ0) is 22.4. The Kier molecular flexibility index (Phi) is 7.88. The standard InChI is InChI=1S/C20H19F2N3O2S.C2H6/c1-12-4-9-17(16(22)10-12)23-19-18(11-13(2)20(26)25(19)3)24-28(27)15-7-5-14(21)6-8-15;1-2/h4-11,23-24H,1-3H3;1-2H3. The molecule has 30 heavy (non-hydrogen) atoms. The van der Waals surface area contributed by atoms with Crippen molar-refractivity contribution in [2.45, 2.75) is 32.6 Å². The minimum Gasteiger partial charge on any atom is -0.337 e. The fourth-order valence-corrected chi connectivity index (χ4v) is 3.54. The number of hydrogen-bond donors (Lipinski definition) is 2. The van der Waals surface area contributed by atoms with E-state index in [9.17, 15) is 17.8 Å². The van der Waals surface area contributed by atoms with Gasteiger partial charge < -0.3 is 5.32 Å². The molecule has 8 heteroatoms. The van der Waals surface area contributed by atoms with Gasteiger partial charge in [-0.15, -0.1) is 0 Å². The Morgan fingerprint density at radius 2 is 1.57 bits per heavy atom. The van der Waals surface area contributed by atoms with Crippen LogP contribution in [-0.4, -0.2) is 8.78 Å². The van der Waals surface area contributed by atoms with Crippen LogP contribution in [0.4, 0.5) is 26.0 Å². The third-order valence-electron chi connectivity index (χ3n) is 4.20. The van der Waals surface area contributed by atoms with Gasteiger partial charge in [0.1, 0.15) is 28.4 Å². The lowest BCUT2D eigenvalue weighted by molar-refractivity contribution is 0.626. The molecule has 0 saturated carbocycles. The first-order valence-electron chi connectivity index (χ1n) is 9.44. The van der Waals surface area contributed by atoms with Gasteiger partial charge in [-0.25, -0.2) is 13.0 Å². The predicted molar refractivity (Wildman–Crippen MR) is 119 cm³/mol. The topological polar surface area (TPSA) is 63.1 Å². The molecule has 1 aromatic heterocycles. The van der Waals surface area contributed by atoms with E-state index in [0.29, 0.717) is 16.1 Å². The van der Waals surface area contributed by atoms with E-state index >= 15 is 0 Å². The second kappa shape index (κ2) is 10.2. The van der Waals surface area contributed by atoms with Crippen LogP contribution in [0.3, 0.4) is 0 Å². The van der Waals surface area contributed by atoms with Gasteiger partial charge in [0.2, 0.25) is 0 Å². The van der Waals surface area contributed by atoms with Gasteiger partial charge in [0, 0.05) is 12.6 Å². The lowest BCUT2D eigenvalue weighted by Crippen LogP contribution is -2.23. The summed E-state index contributed by atoms with van der Waals surface area (Å²) in [7, 11) is -0.171. The third kappa shape index (κ3) is 5.33. The van der Waals surface area contributed by atoms with Crippen LogP contribution in [0, 0.1) is 25.5 Å². The van der Waals surface area contributed by atoms with Gasteiger partial charge >= 0.3 is 0 Å². The van der Waals surface area contributed by atoms with Gasteiger partial charge in [0.25, 0.3) is 5.56 Å². The van der Waals surface area contributed by atoms with E-state index in [4.69, 9.17) is 0 Å². The summed E-state index contributed by atoms with van der Waals surface area (Å²) in [4.78, 5) is 12.7. The Bertz CT molecular complexity index is 1110. The molecule has 160 valence electrons. The molecule has 1 unspecified atom stereocenters. The Morgan fingerprint density at radius 3 is 2.17 bits per heavy atom. The number of aryl methyl sites for hydroxylation is 2. The summed E-state index contributed by atoms with van der Waals surface area (Å²) in [6, 6.07) is 11.4. The maximum absolute atomic E-state index is 14.3. The quantitative estimate of drug-likeness (QED) is 0.582. The predicted octanol–water partition coefficient (Wildman–Crippen LogP) is 5.18. The lowest BCUT2D eigenvalue weighted by atomic mass is 10.2. The molecule has 5 nitrogen and oxygen atoms in total. The molecule has 2 N–H and O–H groups in total. The van der Waals surface area contributed by atoms with Crippen molar-refractivity contribution in [3.63, 3.8) is 0 Å². The summed E-state index contributed by atoms with van der Waals surface area (Å²) in [5.74, 6) is -0.650. The van der Waals surface area contributed by atoms with Crippen molar-refractivity contribution < 1.29 is 13.0 Å². The number of rotatable bonds is 5. The highest BCUT2D eigenvalue weighted by Gasteiger charge is 2.15. The molecule has 0 saturated heterocycles. The van der Waals surface area contributed by atoms with Crippen LogP contribution in [0.5, 0.6) is 0 Å². The fourth-order valence-electron chi connectivity index (χ4n) is 2.69. The Hall–Kier alpha value is -3.00.